The molecule has 0 aliphatic carbocycles. The molecule has 3 rings (SSSR count). The molecule has 1 unspecified atom stereocenters. The van der Waals surface area contributed by atoms with Gasteiger partial charge in [0.15, 0.2) is 0 Å². The fourth-order valence-electron chi connectivity index (χ4n) is 3.04. The number of likely N-dealkylation sites (N-methyl/N-ethyl adjacent to an activating group) is 1. The van der Waals surface area contributed by atoms with Crippen molar-refractivity contribution in [3.8, 4) is 5.75 Å². The first-order chi connectivity index (χ1) is 10.7. The van der Waals surface area contributed by atoms with Crippen molar-refractivity contribution in [1.82, 2.24) is 4.90 Å². The molecular weight excluding hydrogens is 272 g/mol. The summed E-state index contributed by atoms with van der Waals surface area (Å²) in [7, 11) is 3.84. The molecule has 1 aliphatic rings. The van der Waals surface area contributed by atoms with Crippen LogP contribution in [0.4, 0.5) is 5.69 Å². The van der Waals surface area contributed by atoms with Gasteiger partial charge in [-0.1, -0.05) is 43.3 Å². The molecule has 0 spiro atoms. The van der Waals surface area contributed by atoms with E-state index in [0.717, 1.165) is 30.1 Å². The molecule has 3 heteroatoms. The van der Waals surface area contributed by atoms with Gasteiger partial charge in [-0.25, -0.2) is 4.99 Å². The number of methoxy groups -OCH3 is 1. The van der Waals surface area contributed by atoms with Crippen LogP contribution in [0.2, 0.25) is 0 Å². The lowest BCUT2D eigenvalue weighted by molar-refractivity contribution is 0.370. The van der Waals surface area contributed by atoms with E-state index in [2.05, 4.69) is 55.3 Å². The van der Waals surface area contributed by atoms with Gasteiger partial charge in [0.1, 0.15) is 11.6 Å². The maximum Gasteiger partial charge on any atom is 0.121 e. The number of amidine groups is 1. The van der Waals surface area contributed by atoms with E-state index in [-0.39, 0.29) is 0 Å². The summed E-state index contributed by atoms with van der Waals surface area (Å²) < 4.78 is 5.35. The third kappa shape index (κ3) is 2.71. The molecule has 0 amide bonds. The molecule has 0 radical (unpaired) electrons. The number of hydrogen-bond acceptors (Lipinski definition) is 3. The summed E-state index contributed by atoms with van der Waals surface area (Å²) in [6.45, 7) is 2.16. The Morgan fingerprint density at radius 2 is 1.95 bits per heavy atom. The lowest BCUT2D eigenvalue weighted by Gasteiger charge is -2.29. The first-order valence-electron chi connectivity index (χ1n) is 7.75. The second kappa shape index (κ2) is 6.22. The first-order valence-corrected chi connectivity index (χ1v) is 7.75. The predicted octanol–water partition coefficient (Wildman–Crippen LogP) is 4.36. The van der Waals surface area contributed by atoms with Gasteiger partial charge >= 0.3 is 0 Å². The highest BCUT2D eigenvalue weighted by Crippen LogP contribution is 2.35. The molecule has 0 N–H and O–H groups in total. The predicted molar refractivity (Wildman–Crippen MR) is 91.0 cm³/mol. The van der Waals surface area contributed by atoms with Crippen LogP contribution in [0.25, 0.3) is 0 Å². The van der Waals surface area contributed by atoms with Gasteiger partial charge in [0.2, 0.25) is 0 Å². The van der Waals surface area contributed by atoms with Gasteiger partial charge in [-0.2, -0.15) is 0 Å². The third-order valence-electron chi connectivity index (χ3n) is 4.33. The second-order valence-electron chi connectivity index (χ2n) is 5.62. The smallest absolute Gasteiger partial charge is 0.121 e. The van der Waals surface area contributed by atoms with Crippen molar-refractivity contribution in [2.45, 2.75) is 25.8 Å². The van der Waals surface area contributed by atoms with Crippen molar-refractivity contribution >= 4 is 11.5 Å². The highest BCUT2D eigenvalue weighted by Gasteiger charge is 2.24. The summed E-state index contributed by atoms with van der Waals surface area (Å²) in [5, 5.41) is 0. The number of aliphatic imine (C=N–C) groups is 1. The van der Waals surface area contributed by atoms with E-state index in [4.69, 9.17) is 9.73 Å². The van der Waals surface area contributed by atoms with E-state index >= 15 is 0 Å². The molecule has 3 nitrogen and oxygen atoms in total. The normalized spacial score (nSPS) is 17.5. The number of fused-ring (bicyclic) bond motifs is 1. The Balaban J connectivity index is 2.07. The molecule has 1 aliphatic heterocycles. The average Bonchev–Trinajstić information content (AvgIpc) is 2.71. The van der Waals surface area contributed by atoms with Crippen LogP contribution in [0, 0.1) is 0 Å². The number of nitrogens with zero attached hydrogens (tertiary/aromatic N) is 2. The molecule has 0 aromatic heterocycles. The highest BCUT2D eigenvalue weighted by atomic mass is 16.5. The van der Waals surface area contributed by atoms with Crippen LogP contribution in [0.3, 0.4) is 0 Å². The van der Waals surface area contributed by atoms with Crippen LogP contribution in [-0.2, 0) is 6.42 Å². The lowest BCUT2D eigenvalue weighted by atomic mass is 9.97. The SMILES string of the molecule is CCC1=Nc2cc(OC)ccc2CC(c2ccccc2)N1C. The number of ether oxygens (including phenoxy) is 1. The molecule has 0 saturated carbocycles. The van der Waals surface area contributed by atoms with E-state index in [1.807, 2.05) is 12.1 Å². The van der Waals surface area contributed by atoms with Crippen LogP contribution in [0.1, 0.15) is 30.5 Å². The Morgan fingerprint density at radius 3 is 2.64 bits per heavy atom. The van der Waals surface area contributed by atoms with E-state index in [0.29, 0.717) is 6.04 Å². The maximum absolute atomic E-state index is 5.35. The van der Waals surface area contributed by atoms with Gasteiger partial charge in [0.25, 0.3) is 0 Å². The Labute approximate surface area is 132 Å². The number of benzene rings is 2. The van der Waals surface area contributed by atoms with Gasteiger partial charge in [-0.3, -0.25) is 0 Å². The van der Waals surface area contributed by atoms with Gasteiger partial charge in [-0.15, -0.1) is 0 Å². The summed E-state index contributed by atoms with van der Waals surface area (Å²) >= 11 is 0. The van der Waals surface area contributed by atoms with Crippen LogP contribution >= 0.6 is 0 Å². The van der Waals surface area contributed by atoms with E-state index in [1.165, 1.54) is 11.1 Å². The van der Waals surface area contributed by atoms with Crippen LogP contribution in [0.15, 0.2) is 53.5 Å². The van der Waals surface area contributed by atoms with Crippen molar-refractivity contribution in [3.05, 3.63) is 59.7 Å². The summed E-state index contributed by atoms with van der Waals surface area (Å²) in [5.41, 5.74) is 3.63. The van der Waals surface area contributed by atoms with Crippen molar-refractivity contribution in [2.24, 2.45) is 4.99 Å². The Hall–Kier alpha value is -2.29. The average molecular weight is 294 g/mol. The highest BCUT2D eigenvalue weighted by molar-refractivity contribution is 5.86. The second-order valence-corrected chi connectivity index (χ2v) is 5.62. The molecule has 0 bridgehead atoms. The molecule has 114 valence electrons. The minimum atomic E-state index is 0.314. The topological polar surface area (TPSA) is 24.8 Å². The van der Waals surface area contributed by atoms with Gasteiger partial charge < -0.3 is 9.64 Å². The Bertz CT molecular complexity index is 679. The zero-order valence-electron chi connectivity index (χ0n) is 13.4. The molecule has 0 saturated heterocycles. The molecular formula is C19H22N2O. The summed E-state index contributed by atoms with van der Waals surface area (Å²) in [6, 6.07) is 17.2. The largest absolute Gasteiger partial charge is 0.497 e. The van der Waals surface area contributed by atoms with Crippen molar-refractivity contribution in [2.75, 3.05) is 14.2 Å². The van der Waals surface area contributed by atoms with Crippen LogP contribution < -0.4 is 4.74 Å². The Morgan fingerprint density at radius 1 is 1.18 bits per heavy atom. The molecule has 1 atom stereocenters. The van der Waals surface area contributed by atoms with Gasteiger partial charge in [0.05, 0.1) is 18.8 Å². The third-order valence-corrected chi connectivity index (χ3v) is 4.33. The molecule has 2 aromatic carbocycles. The Kier molecular flexibility index (Phi) is 4.14. The number of rotatable bonds is 3. The van der Waals surface area contributed by atoms with Gasteiger partial charge in [-0.05, 0) is 23.6 Å². The molecule has 1 heterocycles. The zero-order chi connectivity index (χ0) is 15.5. The summed E-state index contributed by atoms with van der Waals surface area (Å²) in [4.78, 5) is 7.19. The van der Waals surface area contributed by atoms with Crippen LogP contribution in [0.5, 0.6) is 5.75 Å². The first kappa shape index (κ1) is 14.6. The molecule has 2 aromatic rings. The zero-order valence-corrected chi connectivity index (χ0v) is 13.4. The lowest BCUT2D eigenvalue weighted by Crippen LogP contribution is -2.30. The fourth-order valence-corrected chi connectivity index (χ4v) is 3.04. The maximum atomic E-state index is 5.35. The summed E-state index contributed by atoms with van der Waals surface area (Å²) in [6.07, 6.45) is 1.86. The monoisotopic (exact) mass is 294 g/mol. The summed E-state index contributed by atoms with van der Waals surface area (Å²) in [5.74, 6) is 1.97. The van der Waals surface area contributed by atoms with Crippen molar-refractivity contribution in [1.29, 1.82) is 0 Å². The van der Waals surface area contributed by atoms with E-state index < -0.39 is 0 Å². The van der Waals surface area contributed by atoms with Crippen molar-refractivity contribution in [3.63, 3.8) is 0 Å². The standard InChI is InChI=1S/C19H22N2O/c1-4-19-20-17-13-16(22-3)11-10-15(17)12-18(21(19)2)14-8-6-5-7-9-14/h5-11,13,18H,4,12H2,1-3H3. The fraction of sp³-hybridized carbons (Fsp3) is 0.316. The molecule has 0 fully saturated rings. The van der Waals surface area contributed by atoms with E-state index in [1.54, 1.807) is 7.11 Å². The minimum Gasteiger partial charge on any atom is -0.497 e. The minimum absolute atomic E-state index is 0.314. The quantitative estimate of drug-likeness (QED) is 0.840. The number of hydrogen-bond donors (Lipinski definition) is 0. The molecule has 22 heavy (non-hydrogen) atoms. The van der Waals surface area contributed by atoms with Crippen molar-refractivity contribution < 1.29 is 4.74 Å². The van der Waals surface area contributed by atoms with Gasteiger partial charge in [0, 0.05) is 19.5 Å². The van der Waals surface area contributed by atoms with E-state index in [9.17, 15) is 0 Å². The van der Waals surface area contributed by atoms with Crippen LogP contribution in [-0.4, -0.2) is 24.9 Å².